The molecule has 102 valence electrons. The van der Waals surface area contributed by atoms with E-state index in [1.165, 1.54) is 43.5 Å². The van der Waals surface area contributed by atoms with E-state index in [4.69, 9.17) is 5.11 Å². The summed E-state index contributed by atoms with van der Waals surface area (Å²) < 4.78 is 17.3. The Kier molecular flexibility index (Phi) is 5.69. The molecular weight excluding hydrogens is 253 g/mol. The molecule has 0 aromatic heterocycles. The second-order valence-corrected chi connectivity index (χ2v) is 3.69. The lowest BCUT2D eigenvalue weighted by molar-refractivity contribution is -0.148. The van der Waals surface area contributed by atoms with Gasteiger partial charge in [0.1, 0.15) is 5.82 Å². The molecule has 0 aliphatic heterocycles. The minimum atomic E-state index is -1.15. The number of benzene rings is 1. The molecule has 19 heavy (non-hydrogen) atoms. The van der Waals surface area contributed by atoms with Crippen molar-refractivity contribution in [2.24, 2.45) is 0 Å². The maximum atomic E-state index is 12.6. The summed E-state index contributed by atoms with van der Waals surface area (Å²) in [6.45, 7) is -0.127. The fourth-order valence-corrected chi connectivity index (χ4v) is 1.27. The van der Waals surface area contributed by atoms with Crippen LogP contribution in [0.4, 0.5) is 4.39 Å². The molecule has 1 aromatic carbocycles. The van der Waals surface area contributed by atoms with Gasteiger partial charge in [-0.15, -0.1) is 0 Å². The molecule has 0 aliphatic carbocycles. The Balaban J connectivity index is 2.47. The van der Waals surface area contributed by atoms with Gasteiger partial charge < -0.3 is 15.2 Å². The summed E-state index contributed by atoms with van der Waals surface area (Å²) in [4.78, 5) is 22.0. The number of amides is 1. The van der Waals surface area contributed by atoms with Crippen LogP contribution in [-0.2, 0) is 14.3 Å². The summed E-state index contributed by atoms with van der Waals surface area (Å²) in [5, 5.41) is 11.1. The number of nitrogens with one attached hydrogen (secondary N) is 1. The Bertz CT molecular complexity index is 470. The molecular formula is C13H14FNO4. The Morgan fingerprint density at radius 3 is 2.58 bits per heavy atom. The van der Waals surface area contributed by atoms with Crippen molar-refractivity contribution in [3.05, 3.63) is 41.7 Å². The van der Waals surface area contributed by atoms with E-state index >= 15 is 0 Å². The number of aliphatic carboxylic acids is 1. The highest BCUT2D eigenvalue weighted by Crippen LogP contribution is 2.04. The standard InChI is InChI=1S/C13H14FNO4/c1-19-11(13(17)18)8-15-12(16)7-4-9-2-5-10(14)6-3-9/h2-7,11H,8H2,1H3,(H,15,16)(H,17,18)/b7-4+. The molecule has 6 heteroatoms. The second kappa shape index (κ2) is 7.27. The molecule has 2 N–H and O–H groups in total. The van der Waals surface area contributed by atoms with Gasteiger partial charge in [0.15, 0.2) is 6.10 Å². The predicted molar refractivity (Wildman–Crippen MR) is 66.9 cm³/mol. The smallest absolute Gasteiger partial charge is 0.334 e. The molecule has 0 fully saturated rings. The molecule has 0 aliphatic rings. The van der Waals surface area contributed by atoms with Gasteiger partial charge in [-0.05, 0) is 23.8 Å². The quantitative estimate of drug-likeness (QED) is 0.755. The molecule has 0 saturated heterocycles. The number of ether oxygens (including phenoxy) is 1. The van der Waals surface area contributed by atoms with Crippen LogP contribution < -0.4 is 5.32 Å². The summed E-state index contributed by atoms with van der Waals surface area (Å²) in [6.07, 6.45) is 1.65. The van der Waals surface area contributed by atoms with Crippen molar-refractivity contribution in [1.29, 1.82) is 0 Å². The third kappa shape index (κ3) is 5.31. The SMILES string of the molecule is COC(CNC(=O)/C=C/c1ccc(F)cc1)C(=O)O. The Morgan fingerprint density at radius 1 is 1.42 bits per heavy atom. The van der Waals surface area contributed by atoms with Gasteiger partial charge in [0, 0.05) is 13.2 Å². The van der Waals surface area contributed by atoms with E-state index < -0.39 is 18.0 Å². The van der Waals surface area contributed by atoms with Crippen molar-refractivity contribution in [3.63, 3.8) is 0 Å². The summed E-state index contributed by atoms with van der Waals surface area (Å²) in [5.74, 6) is -1.95. The molecule has 5 nitrogen and oxygen atoms in total. The Morgan fingerprint density at radius 2 is 2.05 bits per heavy atom. The molecule has 1 unspecified atom stereocenters. The second-order valence-electron chi connectivity index (χ2n) is 3.69. The van der Waals surface area contributed by atoms with Crippen LogP contribution in [0.3, 0.4) is 0 Å². The number of hydrogen-bond donors (Lipinski definition) is 2. The largest absolute Gasteiger partial charge is 0.479 e. The number of rotatable bonds is 6. The molecule has 1 rings (SSSR count). The molecule has 0 radical (unpaired) electrons. The molecule has 0 saturated carbocycles. The molecule has 0 heterocycles. The van der Waals surface area contributed by atoms with Gasteiger partial charge >= 0.3 is 5.97 Å². The lowest BCUT2D eigenvalue weighted by atomic mass is 10.2. The van der Waals surface area contributed by atoms with Gasteiger partial charge in [-0.2, -0.15) is 0 Å². The highest BCUT2D eigenvalue weighted by Gasteiger charge is 2.16. The van der Waals surface area contributed by atoms with E-state index in [0.29, 0.717) is 5.56 Å². The monoisotopic (exact) mass is 267 g/mol. The number of carbonyl (C=O) groups excluding carboxylic acids is 1. The van der Waals surface area contributed by atoms with Gasteiger partial charge in [0.05, 0.1) is 6.54 Å². The van der Waals surface area contributed by atoms with E-state index in [1.807, 2.05) is 0 Å². The van der Waals surface area contributed by atoms with Crippen LogP contribution in [0.1, 0.15) is 5.56 Å². The average Bonchev–Trinajstić information content (AvgIpc) is 2.38. The van der Waals surface area contributed by atoms with Crippen LogP contribution in [0, 0.1) is 5.82 Å². The Hall–Kier alpha value is -2.21. The minimum absolute atomic E-state index is 0.127. The normalized spacial score (nSPS) is 12.3. The van der Waals surface area contributed by atoms with E-state index in [-0.39, 0.29) is 12.4 Å². The number of methoxy groups -OCH3 is 1. The van der Waals surface area contributed by atoms with Gasteiger partial charge in [-0.25, -0.2) is 9.18 Å². The molecule has 1 amide bonds. The fourth-order valence-electron chi connectivity index (χ4n) is 1.27. The van der Waals surface area contributed by atoms with Gasteiger partial charge in [0.2, 0.25) is 5.91 Å². The predicted octanol–water partition coefficient (Wildman–Crippen LogP) is 1.05. The maximum absolute atomic E-state index is 12.6. The number of halogens is 1. The van der Waals surface area contributed by atoms with E-state index in [1.54, 1.807) is 0 Å². The molecule has 0 bridgehead atoms. The third-order valence-electron chi connectivity index (χ3n) is 2.32. The zero-order chi connectivity index (χ0) is 14.3. The van der Waals surface area contributed by atoms with Crippen molar-refractivity contribution in [1.82, 2.24) is 5.32 Å². The van der Waals surface area contributed by atoms with Crippen molar-refractivity contribution in [2.45, 2.75) is 6.10 Å². The average molecular weight is 267 g/mol. The van der Waals surface area contributed by atoms with Crippen LogP contribution in [0.25, 0.3) is 6.08 Å². The lowest BCUT2D eigenvalue weighted by Crippen LogP contribution is -2.37. The maximum Gasteiger partial charge on any atom is 0.334 e. The van der Waals surface area contributed by atoms with Crippen LogP contribution >= 0.6 is 0 Å². The first kappa shape index (κ1) is 14.8. The fraction of sp³-hybridized carbons (Fsp3) is 0.231. The van der Waals surface area contributed by atoms with Crippen molar-refractivity contribution >= 4 is 18.0 Å². The summed E-state index contributed by atoms with van der Waals surface area (Å²) >= 11 is 0. The third-order valence-corrected chi connectivity index (χ3v) is 2.32. The van der Waals surface area contributed by atoms with Gasteiger partial charge in [-0.1, -0.05) is 12.1 Å². The number of carboxylic acids is 1. The first-order valence-electron chi connectivity index (χ1n) is 5.50. The van der Waals surface area contributed by atoms with Gasteiger partial charge in [0.25, 0.3) is 0 Å². The number of hydrogen-bond acceptors (Lipinski definition) is 3. The topological polar surface area (TPSA) is 75.6 Å². The van der Waals surface area contributed by atoms with E-state index in [9.17, 15) is 14.0 Å². The van der Waals surface area contributed by atoms with Gasteiger partial charge in [-0.3, -0.25) is 4.79 Å². The lowest BCUT2D eigenvalue weighted by Gasteiger charge is -2.09. The Labute approximate surface area is 109 Å². The van der Waals surface area contributed by atoms with Crippen molar-refractivity contribution in [2.75, 3.05) is 13.7 Å². The van der Waals surface area contributed by atoms with Crippen LogP contribution in [0.15, 0.2) is 30.3 Å². The number of carbonyl (C=O) groups is 2. The van der Waals surface area contributed by atoms with E-state index in [2.05, 4.69) is 10.1 Å². The summed E-state index contributed by atoms with van der Waals surface area (Å²) in [7, 11) is 1.25. The minimum Gasteiger partial charge on any atom is -0.479 e. The zero-order valence-electron chi connectivity index (χ0n) is 10.3. The zero-order valence-corrected chi connectivity index (χ0v) is 10.3. The van der Waals surface area contributed by atoms with Crippen molar-refractivity contribution < 1.29 is 23.8 Å². The van der Waals surface area contributed by atoms with Crippen LogP contribution in [0.2, 0.25) is 0 Å². The highest BCUT2D eigenvalue weighted by molar-refractivity contribution is 5.92. The molecule has 0 spiro atoms. The first-order valence-corrected chi connectivity index (χ1v) is 5.50. The highest BCUT2D eigenvalue weighted by atomic mass is 19.1. The number of carboxylic acid groups (broad SMARTS) is 1. The van der Waals surface area contributed by atoms with Crippen LogP contribution in [0.5, 0.6) is 0 Å². The molecule has 1 atom stereocenters. The van der Waals surface area contributed by atoms with Crippen LogP contribution in [-0.4, -0.2) is 36.7 Å². The van der Waals surface area contributed by atoms with E-state index in [0.717, 1.165) is 0 Å². The summed E-state index contributed by atoms with van der Waals surface area (Å²) in [5.41, 5.74) is 0.665. The van der Waals surface area contributed by atoms with Crippen molar-refractivity contribution in [3.8, 4) is 0 Å². The molecule has 1 aromatic rings. The first-order chi connectivity index (χ1) is 9.02. The summed E-state index contributed by atoms with van der Waals surface area (Å²) in [6, 6.07) is 5.61.